The number of benzene rings is 2. The molecule has 0 spiro atoms. The van der Waals surface area contributed by atoms with Crippen molar-refractivity contribution in [1.82, 2.24) is 19.8 Å². The summed E-state index contributed by atoms with van der Waals surface area (Å²) < 4.78 is 20.7. The van der Waals surface area contributed by atoms with Crippen LogP contribution in [0, 0.1) is 5.82 Å². The average Bonchev–Trinajstić information content (AvgIpc) is 3.22. The molecule has 1 N–H and O–H groups in total. The number of hydrogen-bond acceptors (Lipinski definition) is 5. The zero-order valence-electron chi connectivity index (χ0n) is 17.6. The SMILES string of the molecule is O=C(CSCC(=O)N1CCOCC1)NC(Cn1cnc2ccccc21)c1ccc(F)cc1. The molecule has 4 rings (SSSR count). The van der Waals surface area contributed by atoms with Gasteiger partial charge in [-0.25, -0.2) is 9.37 Å². The van der Waals surface area contributed by atoms with Crippen LogP contribution in [0.5, 0.6) is 0 Å². The molecule has 2 aromatic carbocycles. The number of rotatable bonds is 8. The van der Waals surface area contributed by atoms with Crippen molar-refractivity contribution < 1.29 is 18.7 Å². The summed E-state index contributed by atoms with van der Waals surface area (Å²) in [5.41, 5.74) is 2.63. The molecule has 2 amide bonds. The highest BCUT2D eigenvalue weighted by Gasteiger charge is 2.19. The molecule has 1 aliphatic rings. The Labute approximate surface area is 189 Å². The number of carbonyl (C=O) groups excluding carboxylic acids is 2. The first-order valence-electron chi connectivity index (χ1n) is 10.5. The maximum atomic E-state index is 13.4. The Morgan fingerprint density at radius 3 is 2.62 bits per heavy atom. The third-order valence-corrected chi connectivity index (χ3v) is 6.25. The second-order valence-corrected chi connectivity index (χ2v) is 8.53. The molecule has 0 aliphatic carbocycles. The summed E-state index contributed by atoms with van der Waals surface area (Å²) in [6.07, 6.45) is 1.74. The Kier molecular flexibility index (Phi) is 7.39. The minimum absolute atomic E-state index is 0.0195. The van der Waals surface area contributed by atoms with Crippen LogP contribution in [-0.4, -0.2) is 64.1 Å². The van der Waals surface area contributed by atoms with Gasteiger partial charge in [-0.05, 0) is 29.8 Å². The van der Waals surface area contributed by atoms with Crippen molar-refractivity contribution >= 4 is 34.6 Å². The van der Waals surface area contributed by atoms with Gasteiger partial charge in [0, 0.05) is 19.6 Å². The Morgan fingerprint density at radius 1 is 1.09 bits per heavy atom. The van der Waals surface area contributed by atoms with Crippen molar-refractivity contribution in [1.29, 1.82) is 0 Å². The monoisotopic (exact) mass is 456 g/mol. The lowest BCUT2D eigenvalue weighted by Crippen LogP contribution is -2.41. The van der Waals surface area contributed by atoms with E-state index in [1.54, 1.807) is 23.4 Å². The summed E-state index contributed by atoms with van der Waals surface area (Å²) in [6.45, 7) is 2.75. The molecule has 7 nitrogen and oxygen atoms in total. The first-order chi connectivity index (χ1) is 15.6. The Morgan fingerprint density at radius 2 is 1.84 bits per heavy atom. The number of morpholine rings is 1. The number of halogens is 1. The summed E-state index contributed by atoms with van der Waals surface area (Å²) in [7, 11) is 0. The van der Waals surface area contributed by atoms with E-state index in [-0.39, 0.29) is 35.2 Å². The first-order valence-corrected chi connectivity index (χ1v) is 11.6. The highest BCUT2D eigenvalue weighted by Crippen LogP contribution is 2.20. The molecule has 1 saturated heterocycles. The summed E-state index contributed by atoms with van der Waals surface area (Å²) in [4.78, 5) is 31.1. The summed E-state index contributed by atoms with van der Waals surface area (Å²) in [6, 6.07) is 13.5. The van der Waals surface area contributed by atoms with Gasteiger partial charge < -0.3 is 19.5 Å². The van der Waals surface area contributed by atoms with Crippen molar-refractivity contribution in [2.45, 2.75) is 12.6 Å². The summed E-state index contributed by atoms with van der Waals surface area (Å²) in [5, 5.41) is 3.03. The number of hydrogen-bond donors (Lipinski definition) is 1. The van der Waals surface area contributed by atoms with Crippen LogP contribution < -0.4 is 5.32 Å². The van der Waals surface area contributed by atoms with Gasteiger partial charge in [0.15, 0.2) is 0 Å². The second-order valence-electron chi connectivity index (χ2n) is 7.54. The number of nitrogens with zero attached hydrogens (tertiary/aromatic N) is 3. The quantitative estimate of drug-likeness (QED) is 0.564. The largest absolute Gasteiger partial charge is 0.378 e. The lowest BCUT2D eigenvalue weighted by Gasteiger charge is -2.26. The lowest BCUT2D eigenvalue weighted by molar-refractivity contribution is -0.132. The fourth-order valence-corrected chi connectivity index (χ4v) is 4.38. The number of ether oxygens (including phenoxy) is 1. The van der Waals surface area contributed by atoms with E-state index >= 15 is 0 Å². The molecule has 32 heavy (non-hydrogen) atoms. The maximum Gasteiger partial charge on any atom is 0.232 e. The van der Waals surface area contributed by atoms with Gasteiger partial charge in [0.1, 0.15) is 5.82 Å². The van der Waals surface area contributed by atoms with Crippen LogP contribution >= 0.6 is 11.8 Å². The third-order valence-electron chi connectivity index (χ3n) is 5.34. The van der Waals surface area contributed by atoms with Crippen molar-refractivity contribution in [3.8, 4) is 0 Å². The minimum Gasteiger partial charge on any atom is -0.378 e. The molecule has 1 aliphatic heterocycles. The van der Waals surface area contributed by atoms with Crippen LogP contribution in [0.4, 0.5) is 4.39 Å². The van der Waals surface area contributed by atoms with Gasteiger partial charge in [-0.3, -0.25) is 9.59 Å². The molecule has 0 saturated carbocycles. The number of amides is 2. The number of fused-ring (bicyclic) bond motifs is 1. The molecule has 1 fully saturated rings. The maximum absolute atomic E-state index is 13.4. The fraction of sp³-hybridized carbons (Fsp3) is 0.348. The van der Waals surface area contributed by atoms with Crippen LogP contribution in [0.15, 0.2) is 54.9 Å². The van der Waals surface area contributed by atoms with Gasteiger partial charge in [0.05, 0.1) is 48.1 Å². The fourth-order valence-electron chi connectivity index (χ4n) is 3.65. The van der Waals surface area contributed by atoms with E-state index in [0.29, 0.717) is 32.8 Å². The van der Waals surface area contributed by atoms with Crippen molar-refractivity contribution in [3.63, 3.8) is 0 Å². The van der Waals surface area contributed by atoms with Crippen molar-refractivity contribution in [3.05, 3.63) is 66.2 Å². The smallest absolute Gasteiger partial charge is 0.232 e. The van der Waals surface area contributed by atoms with Crippen LogP contribution in [-0.2, 0) is 20.9 Å². The molecule has 168 valence electrons. The van der Waals surface area contributed by atoms with Gasteiger partial charge in [0.2, 0.25) is 11.8 Å². The number of aromatic nitrogens is 2. The van der Waals surface area contributed by atoms with Gasteiger partial charge in [-0.1, -0.05) is 24.3 Å². The number of carbonyl (C=O) groups is 2. The van der Waals surface area contributed by atoms with Crippen LogP contribution in [0.3, 0.4) is 0 Å². The molecular formula is C23H25FN4O3S. The normalized spacial score (nSPS) is 15.0. The molecule has 0 radical (unpaired) electrons. The third kappa shape index (κ3) is 5.66. The topological polar surface area (TPSA) is 76.5 Å². The summed E-state index contributed by atoms with van der Waals surface area (Å²) in [5.74, 6) is -0.0714. The average molecular weight is 457 g/mol. The first kappa shape index (κ1) is 22.3. The highest BCUT2D eigenvalue weighted by atomic mass is 32.2. The molecule has 0 bridgehead atoms. The van der Waals surface area contributed by atoms with E-state index in [4.69, 9.17) is 4.74 Å². The van der Waals surface area contributed by atoms with Crippen LogP contribution in [0.2, 0.25) is 0 Å². The predicted molar refractivity (Wildman–Crippen MR) is 122 cm³/mol. The van der Waals surface area contributed by atoms with Gasteiger partial charge in [-0.15, -0.1) is 11.8 Å². The van der Waals surface area contributed by atoms with E-state index in [2.05, 4.69) is 10.3 Å². The number of para-hydroxylation sites is 2. The Balaban J connectivity index is 1.39. The highest BCUT2D eigenvalue weighted by molar-refractivity contribution is 8.00. The molecule has 9 heteroatoms. The second kappa shape index (κ2) is 10.6. The summed E-state index contributed by atoms with van der Waals surface area (Å²) >= 11 is 1.29. The van der Waals surface area contributed by atoms with Crippen molar-refractivity contribution in [2.24, 2.45) is 0 Å². The van der Waals surface area contributed by atoms with Gasteiger partial charge in [0.25, 0.3) is 0 Å². The number of imidazole rings is 1. The number of nitrogens with one attached hydrogen (secondary N) is 1. The molecule has 1 unspecified atom stereocenters. The standard InChI is InChI=1S/C23H25FN4O3S/c24-18-7-5-17(6-8-18)20(13-28-16-25-19-3-1-2-4-21(19)28)26-22(29)14-32-15-23(30)27-9-11-31-12-10-27/h1-8,16,20H,9-15H2,(H,26,29). The number of thioether (sulfide) groups is 1. The van der Waals surface area contributed by atoms with E-state index in [1.807, 2.05) is 28.8 Å². The van der Waals surface area contributed by atoms with Gasteiger partial charge >= 0.3 is 0 Å². The van der Waals surface area contributed by atoms with E-state index in [9.17, 15) is 14.0 Å². The van der Waals surface area contributed by atoms with Crippen LogP contribution in [0.1, 0.15) is 11.6 Å². The molecular weight excluding hydrogens is 431 g/mol. The minimum atomic E-state index is -0.365. The van der Waals surface area contributed by atoms with Crippen LogP contribution in [0.25, 0.3) is 11.0 Å². The zero-order valence-corrected chi connectivity index (χ0v) is 18.4. The predicted octanol–water partition coefficient (Wildman–Crippen LogP) is 2.62. The molecule has 1 aromatic heterocycles. The van der Waals surface area contributed by atoms with Gasteiger partial charge in [-0.2, -0.15) is 0 Å². The molecule has 2 heterocycles. The Hall–Kier alpha value is -2.91. The van der Waals surface area contributed by atoms with E-state index < -0.39 is 0 Å². The Bertz CT molecular complexity index is 1070. The van der Waals surface area contributed by atoms with E-state index in [1.165, 1.54) is 23.9 Å². The molecule has 3 aromatic rings. The lowest BCUT2D eigenvalue weighted by atomic mass is 10.1. The van der Waals surface area contributed by atoms with Crippen molar-refractivity contribution in [2.75, 3.05) is 37.8 Å². The zero-order chi connectivity index (χ0) is 22.3. The van der Waals surface area contributed by atoms with E-state index in [0.717, 1.165) is 16.6 Å². The molecule has 1 atom stereocenters.